The average molecular weight is 326 g/mol. The number of rotatable bonds is 5. The highest BCUT2D eigenvalue weighted by Gasteiger charge is 2.30. The first-order valence-electron chi connectivity index (χ1n) is 7.44. The fraction of sp³-hybridized carbons (Fsp3) is 0.929. The lowest BCUT2D eigenvalue weighted by atomic mass is 9.88. The molecular weight excluding hydrogens is 297 g/mol. The van der Waals surface area contributed by atoms with Crippen LogP contribution in [0.1, 0.15) is 33.1 Å². The van der Waals surface area contributed by atoms with E-state index in [0.717, 1.165) is 39.0 Å². The van der Waals surface area contributed by atoms with Crippen LogP contribution in [0.5, 0.6) is 0 Å². The maximum atomic E-state index is 12.1. The van der Waals surface area contributed by atoms with E-state index in [4.69, 9.17) is 0 Å². The van der Waals surface area contributed by atoms with Gasteiger partial charge in [-0.1, -0.05) is 13.8 Å². The average Bonchev–Trinajstić information content (AvgIpc) is 2.29. The van der Waals surface area contributed by atoms with Gasteiger partial charge in [-0.25, -0.2) is 0 Å². The number of carbonyl (C=O) groups excluding carboxylic acids is 1. The Balaban J connectivity index is 0.00000180. The Kier molecular flexibility index (Phi) is 9.81. The predicted molar refractivity (Wildman–Crippen MR) is 87.9 cm³/mol. The van der Waals surface area contributed by atoms with E-state index in [2.05, 4.69) is 29.4 Å². The van der Waals surface area contributed by atoms with Gasteiger partial charge in [-0.05, 0) is 44.8 Å². The number of nitrogens with zero attached hydrogens (tertiary/aromatic N) is 1. The zero-order valence-corrected chi connectivity index (χ0v) is 14.2. The molecule has 2 rings (SSSR count). The molecule has 0 bridgehead atoms. The Hall–Kier alpha value is -0.0300. The fourth-order valence-electron chi connectivity index (χ4n) is 2.83. The van der Waals surface area contributed by atoms with E-state index in [0.29, 0.717) is 12.0 Å². The third-order valence-electron chi connectivity index (χ3n) is 4.41. The maximum Gasteiger partial charge on any atom is 0.223 e. The van der Waals surface area contributed by atoms with Crippen molar-refractivity contribution in [2.75, 3.05) is 32.7 Å². The van der Waals surface area contributed by atoms with E-state index >= 15 is 0 Å². The lowest BCUT2D eigenvalue weighted by Crippen LogP contribution is -2.52. The number of halogens is 2. The zero-order chi connectivity index (χ0) is 13.0. The first kappa shape index (κ1) is 20.0. The molecule has 2 saturated heterocycles. The quantitative estimate of drug-likeness (QED) is 0.808. The Bertz CT molecular complexity index is 280. The van der Waals surface area contributed by atoms with Crippen LogP contribution in [0.25, 0.3) is 0 Å². The Labute approximate surface area is 135 Å². The molecule has 120 valence electrons. The smallest absolute Gasteiger partial charge is 0.223 e. The first-order chi connectivity index (χ1) is 8.70. The van der Waals surface area contributed by atoms with Gasteiger partial charge in [0.05, 0.1) is 0 Å². The van der Waals surface area contributed by atoms with Crippen molar-refractivity contribution in [2.24, 2.45) is 11.8 Å². The van der Waals surface area contributed by atoms with Crippen molar-refractivity contribution < 1.29 is 4.79 Å². The first-order valence-corrected chi connectivity index (χ1v) is 7.44. The van der Waals surface area contributed by atoms with E-state index in [1.165, 1.54) is 13.0 Å². The van der Waals surface area contributed by atoms with E-state index in [9.17, 15) is 4.79 Å². The van der Waals surface area contributed by atoms with Crippen LogP contribution >= 0.6 is 24.8 Å². The number of amides is 1. The highest BCUT2D eigenvalue weighted by Crippen LogP contribution is 2.17. The second-order valence-electron chi connectivity index (χ2n) is 5.83. The lowest BCUT2D eigenvalue weighted by molar-refractivity contribution is -0.127. The molecule has 0 aromatic rings. The molecule has 6 heteroatoms. The standard InChI is InChI=1S/C14H27N3O.2ClH/c1-3-6-17-7-4-13(5-8-17)16-14(18)11(2)12-9-15-10-12;;/h11-13,15H,3-10H2,1-2H3,(H,16,18);2*1H. The third-order valence-corrected chi connectivity index (χ3v) is 4.41. The zero-order valence-electron chi connectivity index (χ0n) is 12.6. The summed E-state index contributed by atoms with van der Waals surface area (Å²) in [7, 11) is 0. The number of hydrogen-bond donors (Lipinski definition) is 2. The van der Waals surface area contributed by atoms with Gasteiger partial charge in [0.2, 0.25) is 5.91 Å². The molecule has 0 spiro atoms. The van der Waals surface area contributed by atoms with Gasteiger partial charge in [-0.15, -0.1) is 24.8 Å². The highest BCUT2D eigenvalue weighted by atomic mass is 35.5. The summed E-state index contributed by atoms with van der Waals surface area (Å²) in [6, 6.07) is 0.404. The molecule has 2 aliphatic heterocycles. The van der Waals surface area contributed by atoms with Crippen LogP contribution in [-0.2, 0) is 4.79 Å². The summed E-state index contributed by atoms with van der Waals surface area (Å²) in [6.45, 7) is 9.77. The monoisotopic (exact) mass is 325 g/mol. The molecule has 0 saturated carbocycles. The number of nitrogens with one attached hydrogen (secondary N) is 2. The summed E-state index contributed by atoms with van der Waals surface area (Å²) in [5.41, 5.74) is 0. The molecular formula is C14H29Cl2N3O. The van der Waals surface area contributed by atoms with Crippen molar-refractivity contribution in [1.29, 1.82) is 0 Å². The third kappa shape index (κ3) is 5.40. The molecule has 1 atom stereocenters. The predicted octanol–water partition coefficient (Wildman–Crippen LogP) is 1.68. The van der Waals surface area contributed by atoms with Gasteiger partial charge in [0, 0.05) is 25.0 Å². The van der Waals surface area contributed by atoms with E-state index < -0.39 is 0 Å². The topological polar surface area (TPSA) is 44.4 Å². The number of hydrogen-bond acceptors (Lipinski definition) is 3. The van der Waals surface area contributed by atoms with Gasteiger partial charge in [-0.2, -0.15) is 0 Å². The van der Waals surface area contributed by atoms with E-state index in [-0.39, 0.29) is 36.6 Å². The molecule has 2 N–H and O–H groups in total. The van der Waals surface area contributed by atoms with Crippen LogP contribution in [0.3, 0.4) is 0 Å². The van der Waals surface area contributed by atoms with Gasteiger partial charge in [0.15, 0.2) is 0 Å². The molecule has 2 fully saturated rings. The SMILES string of the molecule is CCCN1CCC(NC(=O)C(C)C2CNC2)CC1.Cl.Cl. The van der Waals surface area contributed by atoms with Gasteiger partial charge in [0.25, 0.3) is 0 Å². The number of piperidine rings is 1. The molecule has 2 aliphatic rings. The van der Waals surface area contributed by atoms with E-state index in [1.54, 1.807) is 0 Å². The lowest BCUT2D eigenvalue weighted by Gasteiger charge is -2.35. The Morgan fingerprint density at radius 1 is 1.30 bits per heavy atom. The Morgan fingerprint density at radius 3 is 2.35 bits per heavy atom. The summed E-state index contributed by atoms with van der Waals surface area (Å²) in [5.74, 6) is 0.973. The molecule has 0 aliphatic carbocycles. The summed E-state index contributed by atoms with van der Waals surface area (Å²) in [4.78, 5) is 14.6. The van der Waals surface area contributed by atoms with Crippen molar-refractivity contribution in [3.63, 3.8) is 0 Å². The molecule has 0 aromatic heterocycles. The summed E-state index contributed by atoms with van der Waals surface area (Å²) in [6.07, 6.45) is 3.45. The second-order valence-corrected chi connectivity index (χ2v) is 5.83. The highest BCUT2D eigenvalue weighted by molar-refractivity contribution is 5.85. The van der Waals surface area contributed by atoms with Gasteiger partial charge in [0.1, 0.15) is 0 Å². The van der Waals surface area contributed by atoms with Crippen LogP contribution in [0, 0.1) is 11.8 Å². The largest absolute Gasteiger partial charge is 0.353 e. The van der Waals surface area contributed by atoms with Crippen LogP contribution in [0.15, 0.2) is 0 Å². The van der Waals surface area contributed by atoms with Crippen LogP contribution in [-0.4, -0.2) is 49.6 Å². The Morgan fingerprint density at radius 2 is 1.90 bits per heavy atom. The second kappa shape index (κ2) is 9.82. The molecule has 2 heterocycles. The minimum Gasteiger partial charge on any atom is -0.353 e. The van der Waals surface area contributed by atoms with Crippen LogP contribution in [0.2, 0.25) is 0 Å². The van der Waals surface area contributed by atoms with Gasteiger partial charge in [-0.3, -0.25) is 4.79 Å². The normalized spacial score (nSPS) is 22.1. The van der Waals surface area contributed by atoms with Crippen LogP contribution in [0.4, 0.5) is 0 Å². The summed E-state index contributed by atoms with van der Waals surface area (Å²) < 4.78 is 0. The maximum absolute atomic E-state index is 12.1. The minimum absolute atomic E-state index is 0. The molecule has 1 amide bonds. The molecule has 1 unspecified atom stereocenters. The fourth-order valence-corrected chi connectivity index (χ4v) is 2.83. The molecule has 4 nitrogen and oxygen atoms in total. The summed E-state index contributed by atoms with van der Waals surface area (Å²) in [5, 5.41) is 6.47. The summed E-state index contributed by atoms with van der Waals surface area (Å²) >= 11 is 0. The van der Waals surface area contributed by atoms with Gasteiger partial charge < -0.3 is 15.5 Å². The van der Waals surface area contributed by atoms with Crippen molar-refractivity contribution in [1.82, 2.24) is 15.5 Å². The number of likely N-dealkylation sites (tertiary alicyclic amines) is 1. The van der Waals surface area contributed by atoms with Gasteiger partial charge >= 0.3 is 0 Å². The van der Waals surface area contributed by atoms with Crippen LogP contribution < -0.4 is 10.6 Å². The van der Waals surface area contributed by atoms with Crippen molar-refractivity contribution in [3.8, 4) is 0 Å². The van der Waals surface area contributed by atoms with Crippen molar-refractivity contribution in [2.45, 2.75) is 39.2 Å². The number of carbonyl (C=O) groups is 1. The molecule has 20 heavy (non-hydrogen) atoms. The van der Waals surface area contributed by atoms with Crippen molar-refractivity contribution in [3.05, 3.63) is 0 Å². The van der Waals surface area contributed by atoms with Crippen molar-refractivity contribution >= 4 is 30.7 Å². The minimum atomic E-state index is 0. The van der Waals surface area contributed by atoms with E-state index in [1.807, 2.05) is 0 Å². The molecule has 0 radical (unpaired) electrons. The molecule has 0 aromatic carbocycles.